The SMILES string of the molecule is C=C(C)CN(CC)S(=O)(=O)Cc1ccc(CN)cc1. The van der Waals surface area contributed by atoms with Crippen LogP contribution in [0.5, 0.6) is 0 Å². The van der Waals surface area contributed by atoms with Gasteiger partial charge in [0.05, 0.1) is 5.75 Å². The topological polar surface area (TPSA) is 63.4 Å². The summed E-state index contributed by atoms with van der Waals surface area (Å²) >= 11 is 0. The number of sulfonamides is 1. The van der Waals surface area contributed by atoms with Crippen LogP contribution in [0.3, 0.4) is 0 Å². The molecule has 0 fully saturated rings. The molecule has 0 aliphatic carbocycles. The van der Waals surface area contributed by atoms with E-state index in [2.05, 4.69) is 6.58 Å². The summed E-state index contributed by atoms with van der Waals surface area (Å²) in [5.41, 5.74) is 8.12. The van der Waals surface area contributed by atoms with Crippen LogP contribution in [0.4, 0.5) is 0 Å². The average Bonchev–Trinajstić information content (AvgIpc) is 2.36. The number of nitrogens with zero attached hydrogens (tertiary/aromatic N) is 1. The van der Waals surface area contributed by atoms with E-state index in [9.17, 15) is 8.42 Å². The van der Waals surface area contributed by atoms with Crippen molar-refractivity contribution in [1.82, 2.24) is 4.31 Å². The smallest absolute Gasteiger partial charge is 0.218 e. The number of hydrogen-bond acceptors (Lipinski definition) is 3. The van der Waals surface area contributed by atoms with Crippen molar-refractivity contribution < 1.29 is 8.42 Å². The normalized spacial score (nSPS) is 11.8. The zero-order valence-electron chi connectivity index (χ0n) is 11.6. The van der Waals surface area contributed by atoms with E-state index in [0.717, 1.165) is 16.7 Å². The molecule has 0 aromatic heterocycles. The summed E-state index contributed by atoms with van der Waals surface area (Å²) in [5.74, 6) is 0.0129. The van der Waals surface area contributed by atoms with Gasteiger partial charge in [-0.3, -0.25) is 0 Å². The van der Waals surface area contributed by atoms with Crippen LogP contribution in [0, 0.1) is 0 Å². The molecule has 0 atom stereocenters. The maximum Gasteiger partial charge on any atom is 0.218 e. The van der Waals surface area contributed by atoms with Crippen molar-refractivity contribution in [3.63, 3.8) is 0 Å². The maximum absolute atomic E-state index is 12.3. The largest absolute Gasteiger partial charge is 0.326 e. The Balaban J connectivity index is 2.84. The molecule has 0 spiro atoms. The van der Waals surface area contributed by atoms with E-state index in [1.54, 1.807) is 0 Å². The molecule has 19 heavy (non-hydrogen) atoms. The van der Waals surface area contributed by atoms with Crippen molar-refractivity contribution >= 4 is 10.0 Å². The monoisotopic (exact) mass is 282 g/mol. The van der Waals surface area contributed by atoms with Crippen molar-refractivity contribution in [2.45, 2.75) is 26.1 Å². The number of benzene rings is 1. The molecule has 1 rings (SSSR count). The quantitative estimate of drug-likeness (QED) is 0.777. The minimum atomic E-state index is -3.30. The standard InChI is InChI=1S/C14H22N2O2S/c1-4-16(10-12(2)3)19(17,18)11-14-7-5-13(9-15)6-8-14/h5-8H,2,4,9-11,15H2,1,3H3. The molecule has 0 aliphatic heterocycles. The van der Waals surface area contributed by atoms with E-state index < -0.39 is 10.0 Å². The molecule has 0 bridgehead atoms. The lowest BCUT2D eigenvalue weighted by Gasteiger charge is -2.20. The molecular weight excluding hydrogens is 260 g/mol. The fraction of sp³-hybridized carbons (Fsp3) is 0.429. The lowest BCUT2D eigenvalue weighted by molar-refractivity contribution is 0.452. The number of nitrogens with two attached hydrogens (primary N) is 1. The Kier molecular flexibility index (Phi) is 5.72. The maximum atomic E-state index is 12.3. The van der Waals surface area contributed by atoms with Crippen LogP contribution in [-0.4, -0.2) is 25.8 Å². The Labute approximate surface area is 116 Å². The van der Waals surface area contributed by atoms with Gasteiger partial charge in [0.2, 0.25) is 10.0 Å². The van der Waals surface area contributed by atoms with Gasteiger partial charge in [-0.05, 0) is 18.1 Å². The van der Waals surface area contributed by atoms with Crippen molar-refractivity contribution in [2.75, 3.05) is 13.1 Å². The second-order valence-electron chi connectivity index (χ2n) is 4.66. The second kappa shape index (κ2) is 6.84. The Morgan fingerprint density at radius 1 is 1.26 bits per heavy atom. The molecule has 0 unspecified atom stereocenters. The first kappa shape index (κ1) is 15.9. The van der Waals surface area contributed by atoms with E-state index in [1.165, 1.54) is 4.31 Å². The Morgan fingerprint density at radius 3 is 2.21 bits per heavy atom. The molecule has 1 aromatic carbocycles. The lowest BCUT2D eigenvalue weighted by Crippen LogP contribution is -2.33. The third-order valence-electron chi connectivity index (χ3n) is 2.80. The molecule has 0 saturated carbocycles. The predicted molar refractivity (Wildman–Crippen MR) is 79.0 cm³/mol. The Morgan fingerprint density at radius 2 is 1.79 bits per heavy atom. The van der Waals surface area contributed by atoms with Gasteiger partial charge in [0, 0.05) is 19.6 Å². The average molecular weight is 282 g/mol. The highest BCUT2D eigenvalue weighted by molar-refractivity contribution is 7.88. The minimum Gasteiger partial charge on any atom is -0.326 e. The van der Waals surface area contributed by atoms with Crippen LogP contribution >= 0.6 is 0 Å². The molecule has 0 radical (unpaired) electrons. The molecule has 2 N–H and O–H groups in total. The van der Waals surface area contributed by atoms with Crippen LogP contribution < -0.4 is 5.73 Å². The van der Waals surface area contributed by atoms with Crippen LogP contribution in [0.15, 0.2) is 36.4 Å². The third-order valence-corrected chi connectivity index (χ3v) is 4.67. The molecule has 4 nitrogen and oxygen atoms in total. The molecule has 0 heterocycles. The van der Waals surface area contributed by atoms with Crippen LogP contribution in [0.25, 0.3) is 0 Å². The Bertz CT molecular complexity index is 521. The highest BCUT2D eigenvalue weighted by atomic mass is 32.2. The predicted octanol–water partition coefficient (Wildman–Crippen LogP) is 1.87. The van der Waals surface area contributed by atoms with Crippen molar-refractivity contribution in [3.05, 3.63) is 47.5 Å². The van der Waals surface area contributed by atoms with Crippen LogP contribution in [0.2, 0.25) is 0 Å². The summed E-state index contributed by atoms with van der Waals surface area (Å²) in [7, 11) is -3.30. The Hall–Kier alpha value is -1.17. The molecular formula is C14H22N2O2S. The molecule has 0 saturated heterocycles. The van der Waals surface area contributed by atoms with E-state index >= 15 is 0 Å². The summed E-state index contributed by atoms with van der Waals surface area (Å²) in [6.45, 7) is 8.72. The van der Waals surface area contributed by atoms with Crippen molar-refractivity contribution in [3.8, 4) is 0 Å². The summed E-state index contributed by atoms with van der Waals surface area (Å²) in [5, 5.41) is 0. The molecule has 0 aliphatic rings. The first-order valence-corrected chi connectivity index (χ1v) is 7.90. The van der Waals surface area contributed by atoms with Gasteiger partial charge >= 0.3 is 0 Å². The highest BCUT2D eigenvalue weighted by Gasteiger charge is 2.20. The van der Waals surface area contributed by atoms with E-state index in [0.29, 0.717) is 19.6 Å². The number of likely N-dealkylation sites (N-methyl/N-ethyl adjacent to an activating group) is 1. The van der Waals surface area contributed by atoms with Gasteiger partial charge in [0.25, 0.3) is 0 Å². The third kappa shape index (κ3) is 4.78. The van der Waals surface area contributed by atoms with Gasteiger partial charge < -0.3 is 5.73 Å². The molecule has 106 valence electrons. The summed E-state index contributed by atoms with van der Waals surface area (Å²) in [4.78, 5) is 0. The summed E-state index contributed by atoms with van der Waals surface area (Å²) in [6.07, 6.45) is 0. The minimum absolute atomic E-state index is 0.0129. The van der Waals surface area contributed by atoms with E-state index in [1.807, 2.05) is 38.1 Å². The fourth-order valence-corrected chi connectivity index (χ4v) is 3.39. The summed E-state index contributed by atoms with van der Waals surface area (Å²) in [6, 6.07) is 7.35. The van der Waals surface area contributed by atoms with Crippen LogP contribution in [0.1, 0.15) is 25.0 Å². The van der Waals surface area contributed by atoms with Gasteiger partial charge in [-0.25, -0.2) is 8.42 Å². The first-order valence-electron chi connectivity index (χ1n) is 6.29. The number of hydrogen-bond donors (Lipinski definition) is 1. The fourth-order valence-electron chi connectivity index (χ4n) is 1.78. The molecule has 0 amide bonds. The second-order valence-corrected chi connectivity index (χ2v) is 6.63. The zero-order chi connectivity index (χ0) is 14.5. The highest BCUT2D eigenvalue weighted by Crippen LogP contribution is 2.13. The van der Waals surface area contributed by atoms with E-state index in [4.69, 9.17) is 5.73 Å². The molecule has 1 aromatic rings. The van der Waals surface area contributed by atoms with Crippen molar-refractivity contribution in [2.24, 2.45) is 5.73 Å². The van der Waals surface area contributed by atoms with Gasteiger partial charge in [-0.1, -0.05) is 43.3 Å². The van der Waals surface area contributed by atoms with Gasteiger partial charge in [-0.15, -0.1) is 0 Å². The number of rotatable bonds is 7. The van der Waals surface area contributed by atoms with Gasteiger partial charge in [0.15, 0.2) is 0 Å². The van der Waals surface area contributed by atoms with Gasteiger partial charge in [-0.2, -0.15) is 4.31 Å². The summed E-state index contributed by atoms with van der Waals surface area (Å²) < 4.78 is 26.0. The zero-order valence-corrected chi connectivity index (χ0v) is 12.4. The van der Waals surface area contributed by atoms with Crippen molar-refractivity contribution in [1.29, 1.82) is 0 Å². The molecule has 5 heteroatoms. The van der Waals surface area contributed by atoms with Crippen LogP contribution in [-0.2, 0) is 22.3 Å². The van der Waals surface area contributed by atoms with E-state index in [-0.39, 0.29) is 5.75 Å². The first-order chi connectivity index (χ1) is 8.89. The van der Waals surface area contributed by atoms with Gasteiger partial charge in [0.1, 0.15) is 0 Å². The lowest BCUT2D eigenvalue weighted by atomic mass is 10.1.